The Balaban J connectivity index is 1.57. The second-order valence-electron chi connectivity index (χ2n) is 6.69. The molecular weight excluding hydrogens is 430 g/mol. The Morgan fingerprint density at radius 1 is 0.968 bits per heavy atom. The van der Waals surface area contributed by atoms with Crippen LogP contribution in [0.25, 0.3) is 33.5 Å². The SMILES string of the molecule is COc1ccc2nc(-c3cccnc3)nc(Nc3nc(-c4ccc(Cl)cc4)cs3)c2c1. The maximum Gasteiger partial charge on any atom is 0.188 e. The number of hydrogen-bond donors (Lipinski definition) is 1. The third-order valence-electron chi connectivity index (χ3n) is 4.69. The molecule has 0 atom stereocenters. The molecule has 0 aliphatic carbocycles. The van der Waals surface area contributed by atoms with Crippen LogP contribution in [0.2, 0.25) is 5.02 Å². The molecule has 1 N–H and O–H groups in total. The first-order valence-corrected chi connectivity index (χ1v) is 10.7. The van der Waals surface area contributed by atoms with Crippen molar-refractivity contribution < 1.29 is 4.74 Å². The fraction of sp³-hybridized carbons (Fsp3) is 0.0435. The van der Waals surface area contributed by atoms with Crippen LogP contribution in [0.5, 0.6) is 5.75 Å². The highest BCUT2D eigenvalue weighted by molar-refractivity contribution is 7.14. The molecule has 0 aliphatic rings. The van der Waals surface area contributed by atoms with Gasteiger partial charge in [0.05, 0.1) is 18.3 Å². The number of benzene rings is 2. The number of pyridine rings is 1. The second kappa shape index (κ2) is 8.29. The lowest BCUT2D eigenvalue weighted by Crippen LogP contribution is -2.00. The van der Waals surface area contributed by atoms with Gasteiger partial charge in [-0.1, -0.05) is 23.7 Å². The van der Waals surface area contributed by atoms with Gasteiger partial charge >= 0.3 is 0 Å². The van der Waals surface area contributed by atoms with Gasteiger partial charge < -0.3 is 10.1 Å². The molecule has 2 aromatic carbocycles. The molecule has 3 heterocycles. The number of anilines is 2. The van der Waals surface area contributed by atoms with Crippen molar-refractivity contribution in [1.82, 2.24) is 19.9 Å². The molecule has 3 aromatic heterocycles. The van der Waals surface area contributed by atoms with Gasteiger partial charge in [-0.15, -0.1) is 11.3 Å². The first-order valence-electron chi connectivity index (χ1n) is 9.44. The van der Waals surface area contributed by atoms with Crippen molar-refractivity contribution in [3.63, 3.8) is 0 Å². The van der Waals surface area contributed by atoms with Crippen LogP contribution in [-0.2, 0) is 0 Å². The Labute approximate surface area is 187 Å². The maximum atomic E-state index is 6.00. The standard InChI is InChI=1S/C23H16ClN5OS/c1-30-17-8-9-19-18(11-17)22(28-21(26-19)15-3-2-10-25-12-15)29-23-27-20(13-31-23)14-4-6-16(24)7-5-14/h2-13H,1H3,(H,26,27,28,29). The van der Waals surface area contributed by atoms with Crippen LogP contribution < -0.4 is 10.1 Å². The van der Waals surface area contributed by atoms with E-state index < -0.39 is 0 Å². The van der Waals surface area contributed by atoms with E-state index >= 15 is 0 Å². The first-order chi connectivity index (χ1) is 15.2. The summed E-state index contributed by atoms with van der Waals surface area (Å²) in [5.41, 5.74) is 3.50. The van der Waals surface area contributed by atoms with E-state index in [-0.39, 0.29) is 0 Å². The van der Waals surface area contributed by atoms with Gasteiger partial charge in [0.1, 0.15) is 11.6 Å². The van der Waals surface area contributed by atoms with Gasteiger partial charge in [-0.05, 0) is 42.5 Å². The van der Waals surface area contributed by atoms with Gasteiger partial charge in [0.2, 0.25) is 0 Å². The minimum Gasteiger partial charge on any atom is -0.497 e. The summed E-state index contributed by atoms with van der Waals surface area (Å²) in [6.45, 7) is 0. The fourth-order valence-electron chi connectivity index (χ4n) is 3.14. The number of aromatic nitrogens is 4. The summed E-state index contributed by atoms with van der Waals surface area (Å²) in [5.74, 6) is 1.97. The number of nitrogens with zero attached hydrogens (tertiary/aromatic N) is 4. The molecule has 0 aliphatic heterocycles. The number of methoxy groups -OCH3 is 1. The zero-order chi connectivity index (χ0) is 21.2. The number of hydrogen-bond acceptors (Lipinski definition) is 7. The number of ether oxygens (including phenoxy) is 1. The summed E-state index contributed by atoms with van der Waals surface area (Å²) in [6, 6.07) is 17.1. The molecular formula is C23H16ClN5OS. The van der Waals surface area contributed by atoms with Gasteiger partial charge in [-0.25, -0.2) is 15.0 Å². The second-order valence-corrected chi connectivity index (χ2v) is 7.98. The highest BCUT2D eigenvalue weighted by Crippen LogP contribution is 2.32. The van der Waals surface area contributed by atoms with Crippen molar-refractivity contribution in [1.29, 1.82) is 0 Å². The van der Waals surface area contributed by atoms with Crippen LogP contribution in [-0.4, -0.2) is 27.0 Å². The van der Waals surface area contributed by atoms with Crippen LogP contribution >= 0.6 is 22.9 Å². The third-order valence-corrected chi connectivity index (χ3v) is 5.70. The summed E-state index contributed by atoms with van der Waals surface area (Å²) < 4.78 is 5.40. The molecule has 6 nitrogen and oxygen atoms in total. The normalized spacial score (nSPS) is 10.9. The van der Waals surface area contributed by atoms with Gasteiger partial charge in [0.15, 0.2) is 11.0 Å². The predicted molar refractivity (Wildman–Crippen MR) is 125 cm³/mol. The molecule has 0 spiro atoms. The lowest BCUT2D eigenvalue weighted by atomic mass is 10.2. The molecule has 152 valence electrons. The Kier molecular flexibility index (Phi) is 5.19. The summed E-state index contributed by atoms with van der Waals surface area (Å²) in [7, 11) is 1.64. The molecule has 0 bridgehead atoms. The lowest BCUT2D eigenvalue weighted by molar-refractivity contribution is 0.415. The Morgan fingerprint density at radius 2 is 1.84 bits per heavy atom. The molecule has 0 amide bonds. The van der Waals surface area contributed by atoms with E-state index in [1.165, 1.54) is 11.3 Å². The first kappa shape index (κ1) is 19.4. The molecule has 5 aromatic rings. The van der Waals surface area contributed by atoms with Crippen molar-refractivity contribution in [2.75, 3.05) is 12.4 Å². The average Bonchev–Trinajstić information content (AvgIpc) is 3.28. The number of thiazole rings is 1. The van der Waals surface area contributed by atoms with Crippen LogP contribution in [0.4, 0.5) is 10.9 Å². The van der Waals surface area contributed by atoms with Crippen LogP contribution in [0, 0.1) is 0 Å². The van der Waals surface area contributed by atoms with Gasteiger partial charge in [0.25, 0.3) is 0 Å². The number of fused-ring (bicyclic) bond motifs is 1. The zero-order valence-corrected chi connectivity index (χ0v) is 18.0. The molecule has 0 saturated heterocycles. The quantitative estimate of drug-likeness (QED) is 0.346. The van der Waals surface area contributed by atoms with Crippen molar-refractivity contribution >= 4 is 44.8 Å². The number of rotatable bonds is 5. The average molecular weight is 446 g/mol. The van der Waals surface area contributed by atoms with E-state index in [9.17, 15) is 0 Å². The lowest BCUT2D eigenvalue weighted by Gasteiger charge is -2.10. The molecule has 8 heteroatoms. The molecule has 5 rings (SSSR count). The van der Waals surface area contributed by atoms with Crippen molar-refractivity contribution in [2.45, 2.75) is 0 Å². The number of nitrogens with one attached hydrogen (secondary N) is 1. The third kappa shape index (κ3) is 4.05. The minimum absolute atomic E-state index is 0.586. The van der Waals surface area contributed by atoms with Gasteiger partial charge in [-0.3, -0.25) is 4.98 Å². The Morgan fingerprint density at radius 3 is 2.61 bits per heavy atom. The van der Waals surface area contributed by atoms with E-state index in [1.54, 1.807) is 19.5 Å². The largest absolute Gasteiger partial charge is 0.497 e. The molecule has 31 heavy (non-hydrogen) atoms. The summed E-state index contributed by atoms with van der Waals surface area (Å²) >= 11 is 7.50. The fourth-order valence-corrected chi connectivity index (χ4v) is 3.98. The van der Waals surface area contributed by atoms with E-state index in [1.807, 2.05) is 60.0 Å². The highest BCUT2D eigenvalue weighted by atomic mass is 35.5. The minimum atomic E-state index is 0.586. The van der Waals surface area contributed by atoms with Gasteiger partial charge in [-0.2, -0.15) is 0 Å². The summed E-state index contributed by atoms with van der Waals surface area (Å²) in [6.07, 6.45) is 3.47. The predicted octanol–water partition coefficient (Wildman–Crippen LogP) is 6.22. The highest BCUT2D eigenvalue weighted by Gasteiger charge is 2.13. The molecule has 0 saturated carbocycles. The van der Waals surface area contributed by atoms with Crippen LogP contribution in [0.1, 0.15) is 0 Å². The zero-order valence-electron chi connectivity index (χ0n) is 16.4. The van der Waals surface area contributed by atoms with E-state index in [2.05, 4.69) is 10.3 Å². The topological polar surface area (TPSA) is 72.8 Å². The van der Waals surface area contributed by atoms with Crippen molar-refractivity contribution in [3.8, 4) is 28.4 Å². The maximum absolute atomic E-state index is 6.00. The summed E-state index contributed by atoms with van der Waals surface area (Å²) in [4.78, 5) is 18.4. The van der Waals surface area contributed by atoms with E-state index in [0.29, 0.717) is 16.7 Å². The molecule has 0 radical (unpaired) electrons. The molecule has 0 unspecified atom stereocenters. The Bertz CT molecular complexity index is 1360. The smallest absolute Gasteiger partial charge is 0.188 e. The van der Waals surface area contributed by atoms with E-state index in [0.717, 1.165) is 38.6 Å². The van der Waals surface area contributed by atoms with Crippen molar-refractivity contribution in [2.24, 2.45) is 0 Å². The van der Waals surface area contributed by atoms with Crippen LogP contribution in [0.3, 0.4) is 0 Å². The van der Waals surface area contributed by atoms with Crippen molar-refractivity contribution in [3.05, 3.63) is 77.4 Å². The van der Waals surface area contributed by atoms with E-state index in [4.69, 9.17) is 31.3 Å². The monoisotopic (exact) mass is 445 g/mol. The van der Waals surface area contributed by atoms with Gasteiger partial charge in [0, 0.05) is 39.3 Å². The summed E-state index contributed by atoms with van der Waals surface area (Å²) in [5, 5.41) is 7.63. The number of halogens is 1. The van der Waals surface area contributed by atoms with Crippen LogP contribution in [0.15, 0.2) is 72.4 Å². The Hall–Kier alpha value is -3.55. The molecule has 0 fully saturated rings.